The van der Waals surface area contributed by atoms with Crippen molar-refractivity contribution in [2.75, 3.05) is 0 Å². The van der Waals surface area contributed by atoms with E-state index in [-0.39, 0.29) is 13.4 Å². The molecule has 0 spiro atoms. The lowest BCUT2D eigenvalue weighted by atomic mass is 9.20. The first kappa shape index (κ1) is 33.8. The lowest BCUT2D eigenvalue weighted by Crippen LogP contribution is -2.75. The van der Waals surface area contributed by atoms with Crippen LogP contribution in [0.4, 0.5) is 0 Å². The molecule has 4 heteroatoms. The molecule has 0 saturated heterocycles. The quantitative estimate of drug-likeness (QED) is 0.161. The molecule has 3 heterocycles. The van der Waals surface area contributed by atoms with E-state index in [2.05, 4.69) is 208 Å². The van der Waals surface area contributed by atoms with Crippen molar-refractivity contribution in [3.05, 3.63) is 192 Å². The molecule has 0 aliphatic carbocycles. The Morgan fingerprint density at radius 3 is 1.14 bits per heavy atom. The normalized spacial score (nSPS) is 12.6. The van der Waals surface area contributed by atoms with Crippen molar-refractivity contribution in [3.63, 3.8) is 0 Å². The summed E-state index contributed by atoms with van der Waals surface area (Å²) < 4.78 is 4.93. The average Bonchev–Trinajstić information content (AvgIpc) is 3.72. The Morgan fingerprint density at radius 1 is 0.316 bits per heavy atom. The van der Waals surface area contributed by atoms with Gasteiger partial charge in [0.05, 0.1) is 22.1 Å². The summed E-state index contributed by atoms with van der Waals surface area (Å²) in [5, 5.41) is 5.06. The van der Waals surface area contributed by atoms with Crippen LogP contribution in [0.15, 0.2) is 164 Å². The van der Waals surface area contributed by atoms with Crippen LogP contribution in [0.1, 0.15) is 27.8 Å². The van der Waals surface area contributed by atoms with E-state index in [0.717, 1.165) is 0 Å². The standard InChI is InChI=1S/C53H42B2N2/c1-33-27-34(2)52(35(3)28-33)54-44-21-11-13-23-46(44)55(47-24-14-12-22-45(47)54)53-36(4)29-39(30-37(53)5)57-49-26-16-10-20-41(49)43-31-50-42(32-51(43)57)40-19-9-15-25-48(40)56(50)38-17-7-6-8-18-38/h6-32H,1-5H3. The number of hydrogen-bond donors (Lipinski definition) is 0. The van der Waals surface area contributed by atoms with E-state index in [1.54, 1.807) is 0 Å². The van der Waals surface area contributed by atoms with E-state index in [1.807, 2.05) is 0 Å². The van der Waals surface area contributed by atoms with Crippen LogP contribution < -0.4 is 32.8 Å². The summed E-state index contributed by atoms with van der Waals surface area (Å²) in [5.74, 6) is 0. The summed E-state index contributed by atoms with van der Waals surface area (Å²) >= 11 is 0. The zero-order valence-corrected chi connectivity index (χ0v) is 33.1. The lowest BCUT2D eigenvalue weighted by Gasteiger charge is -2.34. The van der Waals surface area contributed by atoms with Crippen molar-refractivity contribution in [2.24, 2.45) is 0 Å². The molecule has 2 aromatic heterocycles. The van der Waals surface area contributed by atoms with Crippen molar-refractivity contribution in [2.45, 2.75) is 34.6 Å². The van der Waals surface area contributed by atoms with Crippen LogP contribution in [0.25, 0.3) is 55.0 Å². The molecule has 0 fully saturated rings. The zero-order valence-electron chi connectivity index (χ0n) is 33.1. The summed E-state index contributed by atoms with van der Waals surface area (Å²) in [6.45, 7) is 11.8. The fourth-order valence-corrected chi connectivity index (χ4v) is 10.8. The Hall–Kier alpha value is -6.51. The van der Waals surface area contributed by atoms with Crippen molar-refractivity contribution < 1.29 is 0 Å². The van der Waals surface area contributed by atoms with Gasteiger partial charge >= 0.3 is 0 Å². The van der Waals surface area contributed by atoms with Gasteiger partial charge in [-0.25, -0.2) is 0 Å². The third-order valence-electron chi connectivity index (χ3n) is 12.9. The molecule has 1 aliphatic heterocycles. The second-order valence-corrected chi connectivity index (χ2v) is 16.4. The van der Waals surface area contributed by atoms with Crippen molar-refractivity contribution in [1.82, 2.24) is 9.13 Å². The van der Waals surface area contributed by atoms with Gasteiger partial charge in [-0.3, -0.25) is 0 Å². The van der Waals surface area contributed by atoms with Gasteiger partial charge in [-0.15, -0.1) is 0 Å². The second-order valence-electron chi connectivity index (χ2n) is 16.4. The van der Waals surface area contributed by atoms with Gasteiger partial charge in [0.1, 0.15) is 0 Å². The molecule has 0 N–H and O–H groups in total. The molecule has 0 radical (unpaired) electrons. The van der Waals surface area contributed by atoms with Crippen molar-refractivity contribution >= 4 is 89.8 Å². The topological polar surface area (TPSA) is 9.86 Å². The molecule has 11 rings (SSSR count). The fraction of sp³-hybridized carbons (Fsp3) is 0.0943. The first-order chi connectivity index (χ1) is 27.9. The number of benzene rings is 8. The number of nitrogens with zero attached hydrogens (tertiary/aromatic N) is 2. The van der Waals surface area contributed by atoms with Crippen LogP contribution in [-0.2, 0) is 0 Å². The Kier molecular flexibility index (Phi) is 7.57. The average molecular weight is 729 g/mol. The minimum absolute atomic E-state index is 0.135. The molecule has 270 valence electrons. The molecule has 0 bridgehead atoms. The van der Waals surface area contributed by atoms with Gasteiger partial charge in [0.25, 0.3) is 0 Å². The van der Waals surface area contributed by atoms with Gasteiger partial charge in [0.2, 0.25) is 13.4 Å². The molecule has 57 heavy (non-hydrogen) atoms. The van der Waals surface area contributed by atoms with Gasteiger partial charge in [-0.05, 0) is 83.1 Å². The van der Waals surface area contributed by atoms with Crippen LogP contribution in [0.2, 0.25) is 0 Å². The monoisotopic (exact) mass is 728 g/mol. The van der Waals surface area contributed by atoms with Crippen LogP contribution in [0.3, 0.4) is 0 Å². The number of fused-ring (bicyclic) bond motifs is 8. The largest absolute Gasteiger partial charge is 0.309 e. The molecule has 2 nitrogen and oxygen atoms in total. The number of para-hydroxylation sites is 3. The first-order valence-electron chi connectivity index (χ1n) is 20.3. The Bertz CT molecular complexity index is 3160. The van der Waals surface area contributed by atoms with E-state index in [4.69, 9.17) is 0 Å². The predicted octanol–water partition coefficient (Wildman–Crippen LogP) is 8.77. The predicted molar refractivity (Wildman–Crippen MR) is 247 cm³/mol. The number of aryl methyl sites for hydroxylation is 5. The van der Waals surface area contributed by atoms with E-state index >= 15 is 0 Å². The summed E-state index contributed by atoms with van der Waals surface area (Å²) in [5.41, 5.74) is 22.5. The number of aromatic nitrogens is 2. The lowest BCUT2D eigenvalue weighted by molar-refractivity contribution is 1.16. The highest BCUT2D eigenvalue weighted by molar-refractivity contribution is 7.11. The third kappa shape index (κ3) is 4.99. The maximum atomic E-state index is 2.50. The minimum atomic E-state index is 0.135. The Balaban J connectivity index is 1.13. The third-order valence-corrected chi connectivity index (χ3v) is 12.9. The number of hydrogen-bond acceptors (Lipinski definition) is 0. The van der Waals surface area contributed by atoms with Gasteiger partial charge in [0, 0.05) is 32.9 Å². The minimum Gasteiger partial charge on any atom is -0.309 e. The van der Waals surface area contributed by atoms with Gasteiger partial charge < -0.3 is 9.13 Å². The maximum Gasteiger partial charge on any atom is 0.240 e. The highest BCUT2D eigenvalue weighted by Crippen LogP contribution is 2.39. The van der Waals surface area contributed by atoms with Crippen LogP contribution in [0, 0.1) is 34.6 Å². The molecule has 0 saturated carbocycles. The molecular formula is C53H42B2N2. The second kappa shape index (κ2) is 12.8. The first-order valence-corrected chi connectivity index (χ1v) is 20.3. The van der Waals surface area contributed by atoms with E-state index in [9.17, 15) is 0 Å². The maximum absolute atomic E-state index is 2.50. The van der Waals surface area contributed by atoms with Gasteiger partial charge in [-0.1, -0.05) is 176 Å². The highest BCUT2D eigenvalue weighted by Gasteiger charge is 2.40. The summed E-state index contributed by atoms with van der Waals surface area (Å²) in [6, 6.07) is 61.4. The molecule has 0 unspecified atom stereocenters. The molecule has 0 atom stereocenters. The molecule has 1 aliphatic rings. The summed E-state index contributed by atoms with van der Waals surface area (Å²) in [6.07, 6.45) is 0. The van der Waals surface area contributed by atoms with Gasteiger partial charge in [0.15, 0.2) is 0 Å². The fourth-order valence-electron chi connectivity index (χ4n) is 10.8. The Morgan fingerprint density at radius 2 is 0.684 bits per heavy atom. The molecule has 8 aromatic carbocycles. The molecular weight excluding hydrogens is 686 g/mol. The van der Waals surface area contributed by atoms with Crippen LogP contribution >= 0.6 is 0 Å². The van der Waals surface area contributed by atoms with Crippen LogP contribution in [-0.4, -0.2) is 22.6 Å². The van der Waals surface area contributed by atoms with Gasteiger partial charge in [-0.2, -0.15) is 0 Å². The van der Waals surface area contributed by atoms with Crippen molar-refractivity contribution in [1.29, 1.82) is 0 Å². The summed E-state index contributed by atoms with van der Waals surface area (Å²) in [4.78, 5) is 0. The molecule has 10 aromatic rings. The zero-order chi connectivity index (χ0) is 38.5. The van der Waals surface area contributed by atoms with E-state index < -0.39 is 0 Å². The van der Waals surface area contributed by atoms with Crippen LogP contribution in [0.5, 0.6) is 0 Å². The SMILES string of the molecule is Cc1cc(C)c(B2c3ccccc3B(c3c(C)cc(-n4c5ccccc5c5cc6c(cc54)c4ccccc4n6-c4ccccc4)cc3C)c3ccccc32)c(C)c1. The van der Waals surface area contributed by atoms with Crippen molar-refractivity contribution in [3.8, 4) is 11.4 Å². The molecule has 0 amide bonds. The smallest absolute Gasteiger partial charge is 0.240 e. The highest BCUT2D eigenvalue weighted by atomic mass is 15.0. The van der Waals surface area contributed by atoms with E-state index in [0.29, 0.717) is 0 Å². The van der Waals surface area contributed by atoms with E-state index in [1.165, 1.54) is 116 Å². The summed E-state index contributed by atoms with van der Waals surface area (Å²) in [7, 11) is 0. The number of rotatable bonds is 4. The Labute approximate surface area is 335 Å².